The summed E-state index contributed by atoms with van der Waals surface area (Å²) in [7, 11) is 1.55. The lowest BCUT2D eigenvalue weighted by Gasteiger charge is -2.50. The largest absolute Gasteiger partial charge is 0.502 e. The molecule has 1 fully saturated rings. The molecule has 1 aromatic carbocycles. The highest BCUT2D eigenvalue weighted by Crippen LogP contribution is 2.31. The Labute approximate surface area is 196 Å². The number of nitrogens with one attached hydrogen (secondary N) is 1. The van der Waals surface area contributed by atoms with Crippen molar-refractivity contribution in [1.29, 1.82) is 0 Å². The van der Waals surface area contributed by atoms with Gasteiger partial charge in [0, 0.05) is 32.0 Å². The first-order valence-electron chi connectivity index (χ1n) is 11.3. The van der Waals surface area contributed by atoms with Crippen LogP contribution in [-0.2, 0) is 11.3 Å². The summed E-state index contributed by atoms with van der Waals surface area (Å²) in [5.41, 5.74) is -0.414. The lowest BCUT2D eigenvalue weighted by molar-refractivity contribution is 0.0245. The van der Waals surface area contributed by atoms with Gasteiger partial charge in [0.15, 0.2) is 11.4 Å². The molecule has 0 bridgehead atoms. The molecule has 4 rings (SSSR count). The number of aromatic hydroxyl groups is 1. The van der Waals surface area contributed by atoms with Gasteiger partial charge in [0.25, 0.3) is 11.8 Å². The average molecular weight is 473 g/mol. The number of amides is 2. The fraction of sp³-hybridized carbons (Fsp3) is 0.458. The van der Waals surface area contributed by atoms with Crippen molar-refractivity contribution in [3.63, 3.8) is 0 Å². The van der Waals surface area contributed by atoms with Gasteiger partial charge in [0.05, 0.1) is 12.6 Å². The minimum atomic E-state index is -0.948. The zero-order valence-electron chi connectivity index (χ0n) is 19.5. The second kappa shape index (κ2) is 9.46. The van der Waals surface area contributed by atoms with Gasteiger partial charge in [-0.15, -0.1) is 0 Å². The zero-order chi connectivity index (χ0) is 24.6. The fourth-order valence-electron chi connectivity index (χ4n) is 4.72. The summed E-state index contributed by atoms with van der Waals surface area (Å²) in [6.45, 7) is 4.37. The standard InChI is InChI=1S/C24H29FN4O5/c1-14-7-8-16(18(25)10-14)11-26-23(32)17-12-28-20(22(31)21(17)30)24(33)29(15(2)13-34-3)19-6-4-5-9-27(19)28/h7-8,10,12,15,19,31H,4-6,9,11,13H2,1-3H3,(H,26,32)/t15-,19-/m1/s1. The van der Waals surface area contributed by atoms with Crippen LogP contribution < -0.4 is 15.8 Å². The molecule has 2 aliphatic rings. The number of ether oxygens (including phenoxy) is 1. The SMILES string of the molecule is COC[C@@H](C)N1C(=O)c2c(O)c(=O)c(C(=O)NCc3ccc(C)cc3F)cn2N2CCCC[C@@H]12. The molecule has 0 radical (unpaired) electrons. The maximum Gasteiger partial charge on any atom is 0.278 e. The predicted octanol–water partition coefficient (Wildman–Crippen LogP) is 1.87. The molecule has 0 saturated carbocycles. The third-order valence-corrected chi connectivity index (χ3v) is 6.42. The molecule has 9 nitrogen and oxygen atoms in total. The van der Waals surface area contributed by atoms with Crippen LogP contribution in [-0.4, -0.2) is 59.0 Å². The minimum Gasteiger partial charge on any atom is -0.502 e. The molecular formula is C24H29FN4O5. The van der Waals surface area contributed by atoms with Crippen molar-refractivity contribution in [3.05, 3.63) is 62.8 Å². The van der Waals surface area contributed by atoms with Crippen LogP contribution in [0.4, 0.5) is 4.39 Å². The zero-order valence-corrected chi connectivity index (χ0v) is 19.5. The van der Waals surface area contributed by atoms with E-state index in [0.717, 1.165) is 18.4 Å². The highest BCUT2D eigenvalue weighted by molar-refractivity contribution is 5.99. The quantitative estimate of drug-likeness (QED) is 0.665. The molecule has 2 aliphatic heterocycles. The van der Waals surface area contributed by atoms with Gasteiger partial charge in [0.2, 0.25) is 5.43 Å². The molecule has 2 aromatic rings. The molecule has 34 heavy (non-hydrogen) atoms. The first-order valence-corrected chi connectivity index (χ1v) is 11.3. The smallest absolute Gasteiger partial charge is 0.278 e. The Hall–Kier alpha value is -3.40. The fourth-order valence-corrected chi connectivity index (χ4v) is 4.72. The minimum absolute atomic E-state index is 0.125. The summed E-state index contributed by atoms with van der Waals surface area (Å²) < 4.78 is 20.8. The number of halogens is 1. The number of rotatable bonds is 6. The molecule has 0 spiro atoms. The summed E-state index contributed by atoms with van der Waals surface area (Å²) in [4.78, 5) is 40.8. The Bertz CT molecular complexity index is 1180. The molecule has 3 heterocycles. The van der Waals surface area contributed by atoms with E-state index in [9.17, 15) is 23.9 Å². The van der Waals surface area contributed by atoms with E-state index in [4.69, 9.17) is 4.74 Å². The Morgan fingerprint density at radius 1 is 1.32 bits per heavy atom. The van der Waals surface area contributed by atoms with Gasteiger partial charge in [-0.05, 0) is 44.7 Å². The Kier molecular flexibility index (Phi) is 6.60. The third kappa shape index (κ3) is 4.13. The highest BCUT2D eigenvalue weighted by Gasteiger charge is 2.43. The van der Waals surface area contributed by atoms with Crippen molar-refractivity contribution in [2.75, 3.05) is 25.3 Å². The number of carbonyl (C=O) groups excluding carboxylic acids is 2. The number of nitrogens with zero attached hydrogens (tertiary/aromatic N) is 3. The number of fused-ring (bicyclic) bond motifs is 3. The van der Waals surface area contributed by atoms with Gasteiger partial charge in [0.1, 0.15) is 17.5 Å². The summed E-state index contributed by atoms with van der Waals surface area (Å²) in [6, 6.07) is 4.37. The van der Waals surface area contributed by atoms with Crippen molar-refractivity contribution in [2.24, 2.45) is 0 Å². The van der Waals surface area contributed by atoms with Crippen LogP contribution in [0.3, 0.4) is 0 Å². The number of carbonyl (C=O) groups is 2. The van der Waals surface area contributed by atoms with Gasteiger partial charge in [-0.2, -0.15) is 0 Å². The molecule has 2 atom stereocenters. The van der Waals surface area contributed by atoms with Crippen LogP contribution >= 0.6 is 0 Å². The molecule has 0 aliphatic carbocycles. The van der Waals surface area contributed by atoms with Crippen molar-refractivity contribution >= 4 is 11.8 Å². The van der Waals surface area contributed by atoms with Gasteiger partial charge < -0.3 is 20.1 Å². The number of hydrogen-bond donors (Lipinski definition) is 2. The van der Waals surface area contributed by atoms with Crippen LogP contribution in [0.25, 0.3) is 0 Å². The van der Waals surface area contributed by atoms with Crippen molar-refractivity contribution in [1.82, 2.24) is 14.9 Å². The summed E-state index contributed by atoms with van der Waals surface area (Å²) >= 11 is 0. The summed E-state index contributed by atoms with van der Waals surface area (Å²) in [6.07, 6.45) is 3.49. The lowest BCUT2D eigenvalue weighted by atomic mass is 10.0. The first kappa shape index (κ1) is 23.7. The summed E-state index contributed by atoms with van der Waals surface area (Å²) in [5.74, 6) is -2.49. The molecule has 2 N–H and O–H groups in total. The average Bonchev–Trinajstić information content (AvgIpc) is 2.80. The van der Waals surface area contributed by atoms with Crippen LogP contribution in [0.5, 0.6) is 5.75 Å². The molecule has 0 unspecified atom stereocenters. The van der Waals surface area contributed by atoms with E-state index in [1.165, 1.54) is 16.9 Å². The monoisotopic (exact) mass is 472 g/mol. The molecule has 2 amide bonds. The number of benzene rings is 1. The van der Waals surface area contributed by atoms with E-state index < -0.39 is 28.8 Å². The number of pyridine rings is 1. The summed E-state index contributed by atoms with van der Waals surface area (Å²) in [5, 5.41) is 15.2. The van der Waals surface area contributed by atoms with E-state index in [-0.39, 0.29) is 35.6 Å². The molecule has 1 saturated heterocycles. The van der Waals surface area contributed by atoms with Crippen LogP contribution in [0, 0.1) is 12.7 Å². The molecule has 10 heteroatoms. The van der Waals surface area contributed by atoms with E-state index in [2.05, 4.69) is 5.32 Å². The number of piperidine rings is 1. The molecule has 1 aromatic heterocycles. The van der Waals surface area contributed by atoms with Crippen molar-refractivity contribution in [3.8, 4) is 5.75 Å². The van der Waals surface area contributed by atoms with Gasteiger partial charge in [-0.1, -0.05) is 12.1 Å². The lowest BCUT2D eigenvalue weighted by Crippen LogP contribution is -2.65. The Balaban J connectivity index is 1.69. The van der Waals surface area contributed by atoms with E-state index in [0.29, 0.717) is 19.6 Å². The van der Waals surface area contributed by atoms with Gasteiger partial charge in [-0.25, -0.2) is 4.39 Å². The van der Waals surface area contributed by atoms with Crippen molar-refractivity contribution < 1.29 is 23.8 Å². The maximum absolute atomic E-state index is 14.1. The van der Waals surface area contributed by atoms with E-state index >= 15 is 0 Å². The number of aryl methyl sites for hydroxylation is 1. The number of methoxy groups -OCH3 is 1. The predicted molar refractivity (Wildman–Crippen MR) is 123 cm³/mol. The Morgan fingerprint density at radius 3 is 2.79 bits per heavy atom. The highest BCUT2D eigenvalue weighted by atomic mass is 19.1. The number of aromatic nitrogens is 1. The van der Waals surface area contributed by atoms with Gasteiger partial charge in [-0.3, -0.25) is 24.1 Å². The first-order chi connectivity index (χ1) is 16.2. The topological polar surface area (TPSA) is 104 Å². The second-order valence-corrected chi connectivity index (χ2v) is 8.85. The Morgan fingerprint density at radius 2 is 2.09 bits per heavy atom. The molecular weight excluding hydrogens is 443 g/mol. The van der Waals surface area contributed by atoms with E-state index in [1.54, 1.807) is 31.1 Å². The molecule has 182 valence electrons. The van der Waals surface area contributed by atoms with Gasteiger partial charge >= 0.3 is 0 Å². The van der Waals surface area contributed by atoms with Crippen molar-refractivity contribution in [2.45, 2.75) is 51.9 Å². The third-order valence-electron chi connectivity index (χ3n) is 6.42. The normalized spacial score (nSPS) is 18.4. The van der Waals surface area contributed by atoms with Crippen LogP contribution in [0.1, 0.15) is 58.2 Å². The maximum atomic E-state index is 14.1. The van der Waals surface area contributed by atoms with Crippen LogP contribution in [0.15, 0.2) is 29.2 Å². The van der Waals surface area contributed by atoms with Crippen LogP contribution in [0.2, 0.25) is 0 Å². The number of hydrogen-bond acceptors (Lipinski definition) is 6. The second-order valence-electron chi connectivity index (χ2n) is 8.85. The van der Waals surface area contributed by atoms with E-state index in [1.807, 2.05) is 11.9 Å².